The molecule has 1 saturated heterocycles. The summed E-state index contributed by atoms with van der Waals surface area (Å²) in [5.41, 5.74) is 2.21. The Labute approximate surface area is 124 Å². The molecule has 1 aromatic carbocycles. The molecule has 2 amide bonds. The molecular formula is C16H20N2O3. The molecule has 5 heteroatoms. The second kappa shape index (κ2) is 6.26. The largest absolute Gasteiger partial charge is 0.378 e. The van der Waals surface area contributed by atoms with Crippen molar-refractivity contribution in [2.24, 2.45) is 0 Å². The molecule has 21 heavy (non-hydrogen) atoms. The predicted molar refractivity (Wildman–Crippen MR) is 79.1 cm³/mol. The van der Waals surface area contributed by atoms with E-state index in [4.69, 9.17) is 4.74 Å². The molecule has 1 fully saturated rings. The Kier molecular flexibility index (Phi) is 4.20. The molecule has 0 aliphatic carbocycles. The van der Waals surface area contributed by atoms with Crippen LogP contribution in [0.15, 0.2) is 24.3 Å². The van der Waals surface area contributed by atoms with Crippen molar-refractivity contribution in [2.45, 2.75) is 19.3 Å². The number of hydrogen-bond donors (Lipinski definition) is 0. The van der Waals surface area contributed by atoms with Gasteiger partial charge >= 0.3 is 0 Å². The van der Waals surface area contributed by atoms with Crippen LogP contribution in [0.2, 0.25) is 0 Å². The number of nitrogens with zero attached hydrogens (tertiary/aromatic N) is 2. The number of para-hydroxylation sites is 1. The maximum atomic E-state index is 12.3. The third kappa shape index (κ3) is 3.08. The Morgan fingerprint density at radius 2 is 1.71 bits per heavy atom. The lowest BCUT2D eigenvalue weighted by Crippen LogP contribution is -2.41. The van der Waals surface area contributed by atoms with E-state index in [9.17, 15) is 9.59 Å². The van der Waals surface area contributed by atoms with Gasteiger partial charge in [0.05, 0.1) is 13.2 Å². The summed E-state index contributed by atoms with van der Waals surface area (Å²) in [6, 6.07) is 7.98. The monoisotopic (exact) mass is 288 g/mol. The topological polar surface area (TPSA) is 49.9 Å². The summed E-state index contributed by atoms with van der Waals surface area (Å²) in [6.45, 7) is 3.20. The van der Waals surface area contributed by atoms with E-state index >= 15 is 0 Å². The number of hydrogen-bond acceptors (Lipinski definition) is 3. The lowest BCUT2D eigenvalue weighted by molar-refractivity contribution is -0.136. The van der Waals surface area contributed by atoms with Gasteiger partial charge in [-0.15, -0.1) is 0 Å². The maximum absolute atomic E-state index is 12.3. The summed E-state index contributed by atoms with van der Waals surface area (Å²) >= 11 is 0. The van der Waals surface area contributed by atoms with Crippen molar-refractivity contribution < 1.29 is 14.3 Å². The lowest BCUT2D eigenvalue weighted by Gasteiger charge is -2.27. The van der Waals surface area contributed by atoms with Crippen molar-refractivity contribution >= 4 is 17.5 Å². The molecule has 2 heterocycles. The SMILES string of the molecule is O=C(CCC(=O)N1CCc2ccccc21)N1CCOCC1. The molecule has 0 atom stereocenters. The standard InChI is InChI=1S/C16H20N2O3/c19-15(17-9-11-21-12-10-17)5-6-16(20)18-8-7-13-3-1-2-4-14(13)18/h1-4H,5-12H2. The van der Waals surface area contributed by atoms with Gasteiger partial charge < -0.3 is 14.5 Å². The Morgan fingerprint density at radius 3 is 2.52 bits per heavy atom. The van der Waals surface area contributed by atoms with Crippen LogP contribution in [0.1, 0.15) is 18.4 Å². The lowest BCUT2D eigenvalue weighted by atomic mass is 10.2. The van der Waals surface area contributed by atoms with Gasteiger partial charge in [0.1, 0.15) is 0 Å². The molecule has 112 valence electrons. The normalized spacial score (nSPS) is 17.7. The zero-order valence-electron chi connectivity index (χ0n) is 12.1. The summed E-state index contributed by atoms with van der Waals surface area (Å²) in [5, 5.41) is 0. The Hall–Kier alpha value is -1.88. The van der Waals surface area contributed by atoms with E-state index < -0.39 is 0 Å². The molecule has 3 rings (SSSR count). The van der Waals surface area contributed by atoms with Gasteiger partial charge in [-0.1, -0.05) is 18.2 Å². The highest BCUT2D eigenvalue weighted by Crippen LogP contribution is 2.28. The number of rotatable bonds is 3. The number of carbonyl (C=O) groups is 2. The van der Waals surface area contributed by atoms with Crippen molar-refractivity contribution in [3.05, 3.63) is 29.8 Å². The number of morpholine rings is 1. The van der Waals surface area contributed by atoms with Crippen LogP contribution in [0.4, 0.5) is 5.69 Å². The van der Waals surface area contributed by atoms with Gasteiger partial charge in [-0.25, -0.2) is 0 Å². The summed E-state index contributed by atoms with van der Waals surface area (Å²) in [5.74, 6) is 0.0979. The van der Waals surface area contributed by atoms with E-state index in [0.717, 1.165) is 18.7 Å². The van der Waals surface area contributed by atoms with Gasteiger partial charge in [0.2, 0.25) is 11.8 Å². The van der Waals surface area contributed by atoms with Gasteiger partial charge in [0, 0.05) is 38.2 Å². The molecule has 0 saturated carbocycles. The highest BCUT2D eigenvalue weighted by molar-refractivity contribution is 5.97. The molecule has 0 aromatic heterocycles. The van der Waals surface area contributed by atoms with Crippen LogP contribution in [0, 0.1) is 0 Å². The minimum atomic E-state index is 0.0431. The van der Waals surface area contributed by atoms with Gasteiger partial charge in [-0.2, -0.15) is 0 Å². The zero-order chi connectivity index (χ0) is 14.7. The fraction of sp³-hybridized carbons (Fsp3) is 0.500. The van der Waals surface area contributed by atoms with E-state index in [-0.39, 0.29) is 24.7 Å². The second-order valence-corrected chi connectivity index (χ2v) is 5.42. The minimum Gasteiger partial charge on any atom is -0.378 e. The van der Waals surface area contributed by atoms with Crippen LogP contribution >= 0.6 is 0 Å². The Morgan fingerprint density at radius 1 is 1.00 bits per heavy atom. The number of ether oxygens (including phenoxy) is 1. The van der Waals surface area contributed by atoms with Crippen LogP contribution in [0.3, 0.4) is 0 Å². The molecule has 5 nitrogen and oxygen atoms in total. The number of amides is 2. The number of anilines is 1. The van der Waals surface area contributed by atoms with E-state index in [1.165, 1.54) is 5.56 Å². The average Bonchev–Trinajstić information content (AvgIpc) is 2.97. The van der Waals surface area contributed by atoms with Crippen LogP contribution in [-0.2, 0) is 20.7 Å². The smallest absolute Gasteiger partial charge is 0.227 e. The van der Waals surface area contributed by atoms with E-state index in [1.807, 2.05) is 23.1 Å². The molecule has 2 aliphatic heterocycles. The first-order chi connectivity index (χ1) is 10.3. The quantitative estimate of drug-likeness (QED) is 0.840. The summed E-state index contributed by atoms with van der Waals surface area (Å²) < 4.78 is 5.23. The summed E-state index contributed by atoms with van der Waals surface area (Å²) in [6.07, 6.45) is 1.47. The van der Waals surface area contributed by atoms with Crippen molar-refractivity contribution in [3.8, 4) is 0 Å². The van der Waals surface area contributed by atoms with Crippen molar-refractivity contribution in [1.82, 2.24) is 4.90 Å². The van der Waals surface area contributed by atoms with Gasteiger partial charge in [0.25, 0.3) is 0 Å². The Balaban J connectivity index is 1.54. The molecule has 0 radical (unpaired) electrons. The minimum absolute atomic E-state index is 0.0431. The van der Waals surface area contributed by atoms with E-state index in [1.54, 1.807) is 4.90 Å². The molecule has 0 bridgehead atoms. The first-order valence-electron chi connectivity index (χ1n) is 7.49. The highest BCUT2D eigenvalue weighted by Gasteiger charge is 2.25. The fourth-order valence-corrected chi connectivity index (χ4v) is 2.92. The first kappa shape index (κ1) is 14.1. The van der Waals surface area contributed by atoms with Crippen LogP contribution < -0.4 is 4.90 Å². The zero-order valence-corrected chi connectivity index (χ0v) is 12.1. The molecule has 0 unspecified atom stereocenters. The third-order valence-corrected chi connectivity index (χ3v) is 4.10. The first-order valence-corrected chi connectivity index (χ1v) is 7.49. The van der Waals surface area contributed by atoms with Crippen molar-refractivity contribution in [3.63, 3.8) is 0 Å². The predicted octanol–water partition coefficient (Wildman–Crippen LogP) is 1.21. The fourth-order valence-electron chi connectivity index (χ4n) is 2.92. The van der Waals surface area contributed by atoms with Crippen LogP contribution in [0.5, 0.6) is 0 Å². The van der Waals surface area contributed by atoms with E-state index in [2.05, 4.69) is 6.07 Å². The van der Waals surface area contributed by atoms with Gasteiger partial charge in [0.15, 0.2) is 0 Å². The highest BCUT2D eigenvalue weighted by atomic mass is 16.5. The third-order valence-electron chi connectivity index (χ3n) is 4.10. The molecule has 2 aliphatic rings. The van der Waals surface area contributed by atoms with Crippen molar-refractivity contribution in [1.29, 1.82) is 0 Å². The van der Waals surface area contributed by atoms with Gasteiger partial charge in [-0.05, 0) is 18.1 Å². The van der Waals surface area contributed by atoms with Crippen molar-refractivity contribution in [2.75, 3.05) is 37.7 Å². The summed E-state index contributed by atoms with van der Waals surface area (Å²) in [4.78, 5) is 28.0. The maximum Gasteiger partial charge on any atom is 0.227 e. The molecule has 0 spiro atoms. The Bertz CT molecular complexity index is 538. The summed E-state index contributed by atoms with van der Waals surface area (Å²) in [7, 11) is 0. The number of fused-ring (bicyclic) bond motifs is 1. The molecular weight excluding hydrogens is 268 g/mol. The van der Waals surface area contributed by atoms with E-state index in [0.29, 0.717) is 26.3 Å². The average molecular weight is 288 g/mol. The van der Waals surface area contributed by atoms with Crippen LogP contribution in [0.25, 0.3) is 0 Å². The number of carbonyl (C=O) groups excluding carboxylic acids is 2. The van der Waals surface area contributed by atoms with Crippen LogP contribution in [-0.4, -0.2) is 49.6 Å². The number of benzene rings is 1. The molecule has 1 aromatic rings. The molecule has 0 N–H and O–H groups in total. The van der Waals surface area contributed by atoms with Gasteiger partial charge in [-0.3, -0.25) is 9.59 Å². The second-order valence-electron chi connectivity index (χ2n) is 5.42.